The first-order valence-corrected chi connectivity index (χ1v) is 12.9. The van der Waals surface area contributed by atoms with Crippen LogP contribution >= 0.6 is 0 Å². The topological polar surface area (TPSA) is 59.0 Å². The normalized spacial score (nSPS) is 17.8. The van der Waals surface area contributed by atoms with Gasteiger partial charge in [-0.1, -0.05) is 18.2 Å². The minimum absolute atomic E-state index is 0.136. The third-order valence-electron chi connectivity index (χ3n) is 7.08. The predicted octanol–water partition coefficient (Wildman–Crippen LogP) is 5.22. The maximum Gasteiger partial charge on any atom is 0.306 e. The van der Waals surface area contributed by atoms with Crippen LogP contribution in [0.15, 0.2) is 30.3 Å². The SMILES string of the molecule is CCOC(=O)CCc1c([C@@H](C)OC[C@H](O)CN2CCC[C@H]2Cc2ccc(C)c(F)c2)ccc(F)c1C. The van der Waals surface area contributed by atoms with E-state index >= 15 is 0 Å². The lowest BCUT2D eigenvalue weighted by molar-refractivity contribution is -0.143. The number of likely N-dealkylation sites (tertiary alicyclic amines) is 1. The summed E-state index contributed by atoms with van der Waals surface area (Å²) in [4.78, 5) is 14.1. The van der Waals surface area contributed by atoms with Crippen molar-refractivity contribution in [3.8, 4) is 0 Å². The van der Waals surface area contributed by atoms with Crippen molar-refractivity contribution in [1.29, 1.82) is 0 Å². The van der Waals surface area contributed by atoms with Gasteiger partial charge in [0.25, 0.3) is 0 Å². The molecule has 36 heavy (non-hydrogen) atoms. The van der Waals surface area contributed by atoms with Gasteiger partial charge in [-0.3, -0.25) is 9.69 Å². The molecule has 0 radical (unpaired) electrons. The number of halogens is 2. The highest BCUT2D eigenvalue weighted by atomic mass is 19.1. The molecule has 0 aromatic heterocycles. The van der Waals surface area contributed by atoms with Gasteiger partial charge in [-0.05, 0) is 99.9 Å². The van der Waals surface area contributed by atoms with Gasteiger partial charge in [-0.15, -0.1) is 0 Å². The Morgan fingerprint density at radius 2 is 1.97 bits per heavy atom. The van der Waals surface area contributed by atoms with Crippen LogP contribution in [0.4, 0.5) is 8.78 Å². The van der Waals surface area contributed by atoms with Crippen LogP contribution in [0.2, 0.25) is 0 Å². The van der Waals surface area contributed by atoms with E-state index in [2.05, 4.69) is 4.90 Å². The van der Waals surface area contributed by atoms with Crippen LogP contribution in [0, 0.1) is 25.5 Å². The minimum atomic E-state index is -0.688. The van der Waals surface area contributed by atoms with E-state index in [1.807, 2.05) is 19.1 Å². The summed E-state index contributed by atoms with van der Waals surface area (Å²) in [5, 5.41) is 10.7. The molecule has 0 unspecified atom stereocenters. The Morgan fingerprint density at radius 3 is 2.69 bits per heavy atom. The predicted molar refractivity (Wildman–Crippen MR) is 136 cm³/mol. The smallest absolute Gasteiger partial charge is 0.306 e. The average molecular weight is 504 g/mol. The molecule has 3 atom stereocenters. The number of carbonyl (C=O) groups excluding carboxylic acids is 1. The van der Waals surface area contributed by atoms with Crippen LogP contribution < -0.4 is 0 Å². The zero-order valence-corrected chi connectivity index (χ0v) is 21.9. The van der Waals surface area contributed by atoms with E-state index in [0.29, 0.717) is 30.7 Å². The van der Waals surface area contributed by atoms with Crippen LogP contribution in [0.25, 0.3) is 0 Å². The Morgan fingerprint density at radius 1 is 1.19 bits per heavy atom. The number of aliphatic hydroxyl groups is 1. The molecule has 2 aromatic rings. The van der Waals surface area contributed by atoms with Crippen LogP contribution in [0.3, 0.4) is 0 Å². The van der Waals surface area contributed by atoms with Crippen molar-refractivity contribution in [1.82, 2.24) is 4.90 Å². The Labute approximate surface area is 213 Å². The number of hydrogen-bond donors (Lipinski definition) is 1. The first-order valence-electron chi connectivity index (χ1n) is 12.9. The number of nitrogens with zero attached hydrogens (tertiary/aromatic N) is 1. The van der Waals surface area contributed by atoms with E-state index in [-0.39, 0.29) is 42.8 Å². The molecule has 1 aliphatic rings. The van der Waals surface area contributed by atoms with Gasteiger partial charge in [0, 0.05) is 19.0 Å². The van der Waals surface area contributed by atoms with Crippen molar-refractivity contribution < 1.29 is 28.2 Å². The fourth-order valence-corrected chi connectivity index (χ4v) is 4.99. The highest BCUT2D eigenvalue weighted by Crippen LogP contribution is 2.28. The number of ether oxygens (including phenoxy) is 2. The number of aliphatic hydroxyl groups excluding tert-OH is 1. The maximum atomic E-state index is 14.2. The fraction of sp³-hybridized carbons (Fsp3) is 0.552. The molecule has 0 spiro atoms. The summed E-state index contributed by atoms with van der Waals surface area (Å²) < 4.78 is 39.2. The minimum Gasteiger partial charge on any atom is -0.466 e. The van der Waals surface area contributed by atoms with Gasteiger partial charge in [-0.2, -0.15) is 0 Å². The van der Waals surface area contributed by atoms with Gasteiger partial charge in [-0.25, -0.2) is 8.78 Å². The van der Waals surface area contributed by atoms with E-state index in [1.165, 1.54) is 6.07 Å². The van der Waals surface area contributed by atoms with Gasteiger partial charge in [0.2, 0.25) is 0 Å². The first kappa shape index (κ1) is 28.2. The molecule has 7 heteroatoms. The van der Waals surface area contributed by atoms with E-state index in [9.17, 15) is 18.7 Å². The fourth-order valence-electron chi connectivity index (χ4n) is 4.99. The van der Waals surface area contributed by atoms with Gasteiger partial charge >= 0.3 is 5.97 Å². The van der Waals surface area contributed by atoms with Gasteiger partial charge in [0.1, 0.15) is 11.6 Å². The summed E-state index contributed by atoms with van der Waals surface area (Å²) in [6.07, 6.45) is 2.28. The lowest BCUT2D eigenvalue weighted by Crippen LogP contribution is -2.39. The molecular formula is C29H39F2NO4. The Balaban J connectivity index is 1.56. The van der Waals surface area contributed by atoms with Crippen molar-refractivity contribution in [3.63, 3.8) is 0 Å². The number of aryl methyl sites for hydroxylation is 1. The van der Waals surface area contributed by atoms with Gasteiger partial charge in [0.05, 0.1) is 25.4 Å². The Bertz CT molecular complexity index is 1030. The van der Waals surface area contributed by atoms with Crippen LogP contribution in [-0.4, -0.2) is 54.4 Å². The maximum absolute atomic E-state index is 14.2. The van der Waals surface area contributed by atoms with E-state index in [4.69, 9.17) is 9.47 Å². The number of esters is 1. The van der Waals surface area contributed by atoms with Gasteiger partial charge < -0.3 is 14.6 Å². The molecule has 5 nitrogen and oxygen atoms in total. The lowest BCUT2D eigenvalue weighted by Gasteiger charge is -2.28. The highest BCUT2D eigenvalue weighted by molar-refractivity contribution is 5.69. The zero-order chi connectivity index (χ0) is 26.2. The number of carbonyl (C=O) groups is 1. The molecule has 0 amide bonds. The van der Waals surface area contributed by atoms with Crippen molar-refractivity contribution in [2.24, 2.45) is 0 Å². The van der Waals surface area contributed by atoms with Crippen molar-refractivity contribution in [2.45, 2.75) is 78.0 Å². The van der Waals surface area contributed by atoms with E-state index in [0.717, 1.165) is 42.5 Å². The average Bonchev–Trinajstić information content (AvgIpc) is 3.27. The second kappa shape index (κ2) is 13.3. The third kappa shape index (κ3) is 7.58. The molecule has 0 bridgehead atoms. The number of hydrogen-bond acceptors (Lipinski definition) is 5. The van der Waals surface area contributed by atoms with E-state index in [1.54, 1.807) is 32.9 Å². The summed E-state index contributed by atoms with van der Waals surface area (Å²) >= 11 is 0. The second-order valence-electron chi connectivity index (χ2n) is 9.75. The summed E-state index contributed by atoms with van der Waals surface area (Å²) in [5.74, 6) is -0.819. The summed E-state index contributed by atoms with van der Waals surface area (Å²) in [6, 6.07) is 8.76. The number of benzene rings is 2. The largest absolute Gasteiger partial charge is 0.466 e. The highest BCUT2D eigenvalue weighted by Gasteiger charge is 2.27. The Hall–Kier alpha value is -2.35. The summed E-state index contributed by atoms with van der Waals surface area (Å²) in [7, 11) is 0. The number of rotatable bonds is 12. The van der Waals surface area contributed by atoms with E-state index < -0.39 is 6.10 Å². The molecule has 1 aliphatic heterocycles. The lowest BCUT2D eigenvalue weighted by atomic mass is 9.94. The monoisotopic (exact) mass is 503 g/mol. The quantitative estimate of drug-likeness (QED) is 0.403. The molecule has 1 heterocycles. The summed E-state index contributed by atoms with van der Waals surface area (Å²) in [6.45, 7) is 8.90. The van der Waals surface area contributed by atoms with Crippen molar-refractivity contribution in [2.75, 3.05) is 26.3 Å². The molecule has 1 saturated heterocycles. The van der Waals surface area contributed by atoms with Crippen LogP contribution in [0.5, 0.6) is 0 Å². The Kier molecular flexibility index (Phi) is 10.4. The first-order chi connectivity index (χ1) is 17.2. The molecular weight excluding hydrogens is 464 g/mol. The molecule has 1 fully saturated rings. The van der Waals surface area contributed by atoms with Gasteiger partial charge in [0.15, 0.2) is 0 Å². The molecule has 0 aliphatic carbocycles. The molecule has 1 N–H and O–H groups in total. The molecule has 2 aromatic carbocycles. The van der Waals surface area contributed by atoms with Crippen LogP contribution in [-0.2, 0) is 27.1 Å². The number of β-amino-alcohol motifs (C(OH)–C–C–N with tert-alkyl or cyclic N) is 1. The van der Waals surface area contributed by atoms with Crippen LogP contribution in [0.1, 0.15) is 67.0 Å². The molecule has 0 saturated carbocycles. The molecule has 198 valence electrons. The third-order valence-corrected chi connectivity index (χ3v) is 7.08. The second-order valence-corrected chi connectivity index (χ2v) is 9.75. The van der Waals surface area contributed by atoms with Crippen molar-refractivity contribution >= 4 is 5.97 Å². The van der Waals surface area contributed by atoms with Crippen molar-refractivity contribution in [3.05, 3.63) is 69.8 Å². The summed E-state index contributed by atoms with van der Waals surface area (Å²) in [5.41, 5.74) is 3.67. The standard InChI is InChI=1S/C29H39F2NO4/c1-5-35-29(34)13-11-25-20(3)27(30)12-10-26(25)21(4)36-18-24(33)17-32-14-6-7-23(32)15-22-9-8-19(2)28(31)16-22/h8-10,12,16,21,23-24,33H,5-7,11,13-15,17-18H2,1-4H3/t21-,23+,24-/m1/s1. The zero-order valence-electron chi connectivity index (χ0n) is 21.9. The molecule has 3 rings (SSSR count).